The van der Waals surface area contributed by atoms with Gasteiger partial charge in [-0.05, 0) is 36.6 Å². The molecule has 0 aliphatic heterocycles. The molecular weight excluding hydrogens is 332 g/mol. The quantitative estimate of drug-likeness (QED) is 0.267. The van der Waals surface area contributed by atoms with E-state index in [1.54, 1.807) is 13.0 Å². The lowest BCUT2D eigenvalue weighted by Crippen LogP contribution is -2.10. The Morgan fingerprint density at radius 3 is 2.70 bits per heavy atom. The summed E-state index contributed by atoms with van der Waals surface area (Å²) in [6, 6.07) is 6.61. The van der Waals surface area contributed by atoms with Gasteiger partial charge in [-0.15, -0.1) is 0 Å². The second-order valence-corrected chi connectivity index (χ2v) is 9.04. The first-order valence-electron chi connectivity index (χ1n) is 7.88. The van der Waals surface area contributed by atoms with E-state index in [9.17, 15) is 4.79 Å². The first kappa shape index (κ1) is 20.0. The summed E-state index contributed by atoms with van der Waals surface area (Å²) in [5.41, 5.74) is 0.914. The summed E-state index contributed by atoms with van der Waals surface area (Å²) in [6.45, 7) is 9.61. The van der Waals surface area contributed by atoms with Crippen molar-refractivity contribution in [1.82, 2.24) is 0 Å². The molecule has 4 nitrogen and oxygen atoms in total. The summed E-state index contributed by atoms with van der Waals surface area (Å²) < 4.78 is 15.9. The maximum Gasteiger partial charge on any atom is 0.306 e. The molecule has 0 bridgehead atoms. The second-order valence-electron chi connectivity index (χ2n) is 5.72. The number of carbonyl (C=O) groups excluding carboxylic acids is 1. The van der Waals surface area contributed by atoms with Crippen LogP contribution < -0.4 is 4.74 Å². The predicted octanol–water partition coefficient (Wildman–Crippen LogP) is 4.50. The lowest BCUT2D eigenvalue weighted by atomic mass is 9.98. The number of carbonyl (C=O) groups is 1. The van der Waals surface area contributed by atoms with Crippen molar-refractivity contribution in [2.75, 3.05) is 20.0 Å². The summed E-state index contributed by atoms with van der Waals surface area (Å²) in [5.74, 6) is 0.458. The third-order valence-electron chi connectivity index (χ3n) is 3.34. The first-order valence-corrected chi connectivity index (χ1v) is 11.0. The van der Waals surface area contributed by atoms with Crippen LogP contribution in [0.3, 0.4) is 0 Å². The Morgan fingerprint density at radius 2 is 2.09 bits per heavy atom. The Kier molecular flexibility index (Phi) is 9.29. The summed E-state index contributed by atoms with van der Waals surface area (Å²) in [5, 5.41) is 0.590. The van der Waals surface area contributed by atoms with Crippen molar-refractivity contribution < 1.29 is 19.0 Å². The van der Waals surface area contributed by atoms with Crippen molar-refractivity contribution in [3.05, 3.63) is 28.8 Å². The SMILES string of the molecule is CCOC(=O)CC(C)c1ccc(OCOCC[Si](C)C)cc1Cl. The number of halogens is 1. The molecule has 1 aromatic rings. The van der Waals surface area contributed by atoms with Gasteiger partial charge in [-0.1, -0.05) is 37.7 Å². The van der Waals surface area contributed by atoms with Crippen LogP contribution in [0.1, 0.15) is 31.7 Å². The van der Waals surface area contributed by atoms with Crippen LogP contribution in [0.5, 0.6) is 5.75 Å². The Labute approximate surface area is 145 Å². The monoisotopic (exact) mass is 357 g/mol. The van der Waals surface area contributed by atoms with Crippen molar-refractivity contribution in [3.63, 3.8) is 0 Å². The molecule has 0 fully saturated rings. The largest absolute Gasteiger partial charge is 0.468 e. The van der Waals surface area contributed by atoms with E-state index >= 15 is 0 Å². The van der Waals surface area contributed by atoms with Crippen molar-refractivity contribution in [2.45, 2.75) is 45.3 Å². The molecule has 0 saturated carbocycles. The number of rotatable bonds is 10. The van der Waals surface area contributed by atoms with Gasteiger partial charge in [-0.3, -0.25) is 4.79 Å². The highest BCUT2D eigenvalue weighted by atomic mass is 35.5. The molecule has 0 N–H and O–H groups in total. The van der Waals surface area contributed by atoms with Crippen LogP contribution >= 0.6 is 11.6 Å². The minimum absolute atomic E-state index is 0.00141. The minimum atomic E-state index is -0.254. The smallest absolute Gasteiger partial charge is 0.306 e. The minimum Gasteiger partial charge on any atom is -0.468 e. The average Bonchev–Trinajstić information content (AvgIpc) is 2.46. The molecule has 0 aliphatic rings. The van der Waals surface area contributed by atoms with Crippen molar-refractivity contribution in [1.29, 1.82) is 0 Å². The highest BCUT2D eigenvalue weighted by Crippen LogP contribution is 2.30. The number of benzene rings is 1. The van der Waals surface area contributed by atoms with Crippen LogP contribution in [0.2, 0.25) is 24.2 Å². The van der Waals surface area contributed by atoms with Gasteiger partial charge in [0.05, 0.1) is 13.0 Å². The van der Waals surface area contributed by atoms with E-state index < -0.39 is 0 Å². The Bertz CT molecular complexity index is 493. The molecule has 0 aromatic heterocycles. The fourth-order valence-corrected chi connectivity index (χ4v) is 2.93. The summed E-state index contributed by atoms with van der Waals surface area (Å²) in [7, 11) is -0.254. The third kappa shape index (κ3) is 7.86. The van der Waals surface area contributed by atoms with Gasteiger partial charge in [0, 0.05) is 20.4 Å². The molecule has 1 aromatic carbocycles. The molecule has 0 spiro atoms. The second kappa shape index (κ2) is 10.7. The Morgan fingerprint density at radius 1 is 1.35 bits per heavy atom. The van der Waals surface area contributed by atoms with Crippen molar-refractivity contribution >= 4 is 26.4 Å². The number of esters is 1. The topological polar surface area (TPSA) is 44.8 Å². The van der Waals surface area contributed by atoms with Gasteiger partial charge in [0.15, 0.2) is 6.79 Å². The van der Waals surface area contributed by atoms with Crippen molar-refractivity contribution in [3.8, 4) is 5.75 Å². The van der Waals surface area contributed by atoms with E-state index in [0.29, 0.717) is 23.8 Å². The molecule has 1 unspecified atom stereocenters. The molecule has 1 rings (SSSR count). The van der Waals surface area contributed by atoms with E-state index in [0.717, 1.165) is 18.2 Å². The zero-order chi connectivity index (χ0) is 17.2. The van der Waals surface area contributed by atoms with Crippen LogP contribution in [0, 0.1) is 0 Å². The fraction of sp³-hybridized carbons (Fsp3) is 0.588. The molecule has 0 heterocycles. The van der Waals surface area contributed by atoms with Gasteiger partial charge in [-0.2, -0.15) is 0 Å². The van der Waals surface area contributed by atoms with Gasteiger partial charge in [0.25, 0.3) is 0 Å². The zero-order valence-corrected chi connectivity index (χ0v) is 16.1. The van der Waals surface area contributed by atoms with Crippen molar-refractivity contribution in [2.24, 2.45) is 0 Å². The zero-order valence-electron chi connectivity index (χ0n) is 14.4. The molecule has 6 heteroatoms. The van der Waals surface area contributed by atoms with Crippen LogP contribution in [-0.2, 0) is 14.3 Å². The summed E-state index contributed by atoms with van der Waals surface area (Å²) in [4.78, 5) is 11.6. The average molecular weight is 358 g/mol. The van der Waals surface area contributed by atoms with Gasteiger partial charge >= 0.3 is 5.97 Å². The molecule has 1 atom stereocenters. The normalized spacial score (nSPS) is 12.3. The Balaban J connectivity index is 2.48. The van der Waals surface area contributed by atoms with Crippen LogP contribution in [0.15, 0.2) is 18.2 Å². The molecule has 1 radical (unpaired) electrons. The maximum atomic E-state index is 11.6. The standard InChI is InChI=1S/C17H26ClO4Si/c1-5-21-17(19)10-13(2)15-7-6-14(11-16(15)18)22-12-20-8-9-23(3)4/h6-7,11,13H,5,8-10,12H2,1-4H3. The highest BCUT2D eigenvalue weighted by molar-refractivity contribution is 6.55. The van der Waals surface area contributed by atoms with Gasteiger partial charge in [0.1, 0.15) is 5.75 Å². The summed E-state index contributed by atoms with van der Waals surface area (Å²) in [6.07, 6.45) is 0.314. The molecule has 23 heavy (non-hydrogen) atoms. The molecular formula is C17H26ClO4Si. The van der Waals surface area contributed by atoms with E-state index in [-0.39, 0.29) is 27.5 Å². The van der Waals surface area contributed by atoms with E-state index in [1.807, 2.05) is 19.1 Å². The van der Waals surface area contributed by atoms with E-state index in [1.165, 1.54) is 0 Å². The van der Waals surface area contributed by atoms with Crippen LogP contribution in [-0.4, -0.2) is 34.8 Å². The third-order valence-corrected chi connectivity index (χ3v) is 4.87. The number of hydrogen-bond acceptors (Lipinski definition) is 4. The predicted molar refractivity (Wildman–Crippen MR) is 94.9 cm³/mol. The molecule has 0 saturated heterocycles. The lowest BCUT2D eigenvalue weighted by molar-refractivity contribution is -0.143. The molecule has 0 aliphatic carbocycles. The first-order chi connectivity index (χ1) is 10.9. The van der Waals surface area contributed by atoms with Gasteiger partial charge in [0.2, 0.25) is 0 Å². The Hall–Kier alpha value is -1.04. The maximum absolute atomic E-state index is 11.6. The van der Waals surface area contributed by atoms with Crippen LogP contribution in [0.25, 0.3) is 0 Å². The van der Waals surface area contributed by atoms with Gasteiger partial charge < -0.3 is 14.2 Å². The number of ether oxygens (including phenoxy) is 3. The lowest BCUT2D eigenvalue weighted by Gasteiger charge is -2.14. The highest BCUT2D eigenvalue weighted by Gasteiger charge is 2.15. The van der Waals surface area contributed by atoms with Crippen LogP contribution in [0.4, 0.5) is 0 Å². The van der Waals surface area contributed by atoms with E-state index in [4.69, 9.17) is 25.8 Å². The molecule has 0 amide bonds. The number of hydrogen-bond donors (Lipinski definition) is 0. The van der Waals surface area contributed by atoms with Gasteiger partial charge in [-0.25, -0.2) is 0 Å². The fourth-order valence-electron chi connectivity index (χ4n) is 2.02. The summed E-state index contributed by atoms with van der Waals surface area (Å²) >= 11 is 6.30. The molecule has 129 valence electrons. The van der Waals surface area contributed by atoms with E-state index in [2.05, 4.69) is 13.1 Å².